The minimum atomic E-state index is -0.993. The van der Waals surface area contributed by atoms with Gasteiger partial charge in [0.1, 0.15) is 5.75 Å². The fourth-order valence-electron chi connectivity index (χ4n) is 1.92. The highest BCUT2D eigenvalue weighted by atomic mass is 19.1. The minimum absolute atomic E-state index is 0.0767. The molecule has 0 aromatic heterocycles. The van der Waals surface area contributed by atoms with Crippen LogP contribution in [0.4, 0.5) is 10.1 Å². The first-order chi connectivity index (χ1) is 9.56. The number of nitro groups is 1. The number of nitro benzene ring substituents is 1. The molecular weight excluding hydrogens is 269 g/mol. The summed E-state index contributed by atoms with van der Waals surface area (Å²) in [5.41, 5.74) is -0.626. The Bertz CT molecular complexity index is 517. The van der Waals surface area contributed by atoms with Crippen molar-refractivity contribution >= 4 is 11.6 Å². The molecule has 0 radical (unpaired) electrons. The second-order valence-electron chi connectivity index (χ2n) is 4.42. The lowest BCUT2D eigenvalue weighted by Gasteiger charge is -2.12. The Labute approximate surface area is 114 Å². The summed E-state index contributed by atoms with van der Waals surface area (Å²) in [5, 5.41) is 16.3. The number of benzene rings is 1. The van der Waals surface area contributed by atoms with Gasteiger partial charge in [-0.1, -0.05) is 0 Å². The topological polar surface area (TPSA) is 93.5 Å². The standard InChI is InChI=1S/C12H14FN3O4/c13-10-5-9(1-2-11(10)16(18)19)20-7-12(17)15-8-3-4-14-6-8/h1-2,5,8,14H,3-4,6-7H2,(H,15,17). The van der Waals surface area contributed by atoms with E-state index in [0.29, 0.717) is 0 Å². The van der Waals surface area contributed by atoms with Crippen LogP contribution in [0.2, 0.25) is 0 Å². The van der Waals surface area contributed by atoms with Gasteiger partial charge in [0.25, 0.3) is 5.91 Å². The first-order valence-electron chi connectivity index (χ1n) is 6.13. The smallest absolute Gasteiger partial charge is 0.305 e. The van der Waals surface area contributed by atoms with Crippen molar-refractivity contribution in [1.29, 1.82) is 0 Å². The van der Waals surface area contributed by atoms with Crippen LogP contribution in [-0.2, 0) is 4.79 Å². The molecule has 1 amide bonds. The highest BCUT2D eigenvalue weighted by Gasteiger charge is 2.18. The maximum absolute atomic E-state index is 13.3. The van der Waals surface area contributed by atoms with Gasteiger partial charge in [-0.25, -0.2) is 0 Å². The molecule has 1 unspecified atom stereocenters. The molecule has 1 aliphatic rings. The summed E-state index contributed by atoms with van der Waals surface area (Å²) in [6.07, 6.45) is 0.859. The number of nitrogens with one attached hydrogen (secondary N) is 2. The molecule has 1 heterocycles. The maximum atomic E-state index is 13.3. The summed E-state index contributed by atoms with van der Waals surface area (Å²) in [6.45, 7) is 1.32. The van der Waals surface area contributed by atoms with E-state index in [2.05, 4.69) is 10.6 Å². The lowest BCUT2D eigenvalue weighted by Crippen LogP contribution is -2.39. The number of carbonyl (C=O) groups excluding carboxylic acids is 1. The van der Waals surface area contributed by atoms with Gasteiger partial charge in [-0.15, -0.1) is 0 Å². The van der Waals surface area contributed by atoms with Gasteiger partial charge in [0.2, 0.25) is 5.82 Å². The third-order valence-electron chi connectivity index (χ3n) is 2.91. The first kappa shape index (κ1) is 14.2. The summed E-state index contributed by atoms with van der Waals surface area (Å²) in [7, 11) is 0. The van der Waals surface area contributed by atoms with E-state index in [9.17, 15) is 19.3 Å². The van der Waals surface area contributed by atoms with Gasteiger partial charge >= 0.3 is 5.69 Å². The van der Waals surface area contributed by atoms with E-state index >= 15 is 0 Å². The predicted molar refractivity (Wildman–Crippen MR) is 68.0 cm³/mol. The molecule has 1 aliphatic heterocycles. The number of halogens is 1. The number of nitrogens with zero attached hydrogens (tertiary/aromatic N) is 1. The Hall–Kier alpha value is -2.22. The first-order valence-corrected chi connectivity index (χ1v) is 6.13. The third kappa shape index (κ3) is 3.64. The zero-order chi connectivity index (χ0) is 14.5. The fraction of sp³-hybridized carbons (Fsp3) is 0.417. The molecule has 8 heteroatoms. The van der Waals surface area contributed by atoms with E-state index in [1.165, 1.54) is 6.07 Å². The van der Waals surface area contributed by atoms with Gasteiger partial charge in [-0.05, 0) is 19.0 Å². The molecule has 1 fully saturated rings. The van der Waals surface area contributed by atoms with Gasteiger partial charge < -0.3 is 15.4 Å². The van der Waals surface area contributed by atoms with Crippen LogP contribution in [0.1, 0.15) is 6.42 Å². The molecule has 2 rings (SSSR count). The second-order valence-corrected chi connectivity index (χ2v) is 4.42. The molecule has 2 N–H and O–H groups in total. The summed E-state index contributed by atoms with van der Waals surface area (Å²) >= 11 is 0. The average Bonchev–Trinajstić information content (AvgIpc) is 2.89. The van der Waals surface area contributed by atoms with Crippen LogP contribution in [0.5, 0.6) is 5.75 Å². The van der Waals surface area contributed by atoms with E-state index in [1.807, 2.05) is 0 Å². The number of ether oxygens (including phenoxy) is 1. The monoisotopic (exact) mass is 283 g/mol. The molecule has 0 spiro atoms. The highest BCUT2D eigenvalue weighted by Crippen LogP contribution is 2.22. The van der Waals surface area contributed by atoms with Crippen molar-refractivity contribution in [3.8, 4) is 5.75 Å². The number of hydrogen-bond donors (Lipinski definition) is 2. The quantitative estimate of drug-likeness (QED) is 0.609. The van der Waals surface area contributed by atoms with Crippen LogP contribution in [0, 0.1) is 15.9 Å². The van der Waals surface area contributed by atoms with Crippen LogP contribution in [0.15, 0.2) is 18.2 Å². The summed E-state index contributed by atoms with van der Waals surface area (Å²) in [5.74, 6) is -1.22. The highest BCUT2D eigenvalue weighted by molar-refractivity contribution is 5.77. The van der Waals surface area contributed by atoms with E-state index in [0.717, 1.165) is 31.6 Å². The molecule has 1 aromatic rings. The zero-order valence-electron chi connectivity index (χ0n) is 10.6. The maximum Gasteiger partial charge on any atom is 0.305 e. The van der Waals surface area contributed by atoms with E-state index in [-0.39, 0.29) is 24.3 Å². The molecule has 1 atom stereocenters. The largest absolute Gasteiger partial charge is 0.484 e. The molecule has 1 aromatic carbocycles. The summed E-state index contributed by atoms with van der Waals surface area (Å²) < 4.78 is 18.4. The van der Waals surface area contributed by atoms with E-state index in [1.54, 1.807) is 0 Å². The number of rotatable bonds is 5. The number of hydrogen-bond acceptors (Lipinski definition) is 5. The number of carbonyl (C=O) groups is 1. The van der Waals surface area contributed by atoms with E-state index in [4.69, 9.17) is 4.74 Å². The summed E-state index contributed by atoms with van der Waals surface area (Å²) in [6, 6.07) is 3.23. The SMILES string of the molecule is O=C(COc1ccc([N+](=O)[O-])c(F)c1)NC1CCNC1. The number of amides is 1. The van der Waals surface area contributed by atoms with Crippen LogP contribution in [-0.4, -0.2) is 36.6 Å². The molecule has 7 nitrogen and oxygen atoms in total. The summed E-state index contributed by atoms with van der Waals surface area (Å²) in [4.78, 5) is 21.2. The van der Waals surface area contributed by atoms with Crippen LogP contribution >= 0.6 is 0 Å². The van der Waals surface area contributed by atoms with Gasteiger partial charge in [0.15, 0.2) is 6.61 Å². The molecule has 108 valence electrons. The molecule has 1 saturated heterocycles. The molecular formula is C12H14FN3O4. The third-order valence-corrected chi connectivity index (χ3v) is 2.91. The van der Waals surface area contributed by atoms with Crippen LogP contribution in [0.25, 0.3) is 0 Å². The average molecular weight is 283 g/mol. The Morgan fingerprint density at radius 3 is 3.00 bits per heavy atom. The Morgan fingerprint density at radius 1 is 1.60 bits per heavy atom. The Morgan fingerprint density at radius 2 is 2.40 bits per heavy atom. The van der Waals surface area contributed by atoms with Gasteiger partial charge in [0, 0.05) is 24.7 Å². The van der Waals surface area contributed by atoms with Gasteiger partial charge in [-0.2, -0.15) is 4.39 Å². The van der Waals surface area contributed by atoms with Crippen molar-refractivity contribution in [3.05, 3.63) is 34.1 Å². The van der Waals surface area contributed by atoms with Crippen molar-refractivity contribution in [2.24, 2.45) is 0 Å². The lowest BCUT2D eigenvalue weighted by molar-refractivity contribution is -0.387. The van der Waals surface area contributed by atoms with Gasteiger partial charge in [-0.3, -0.25) is 14.9 Å². The minimum Gasteiger partial charge on any atom is -0.484 e. The van der Waals surface area contributed by atoms with E-state index < -0.39 is 16.4 Å². The molecule has 0 saturated carbocycles. The van der Waals surface area contributed by atoms with Crippen molar-refractivity contribution in [2.45, 2.75) is 12.5 Å². The molecule has 20 heavy (non-hydrogen) atoms. The normalized spacial score (nSPS) is 17.8. The van der Waals surface area contributed by atoms with Crippen molar-refractivity contribution in [2.75, 3.05) is 19.7 Å². The van der Waals surface area contributed by atoms with Gasteiger partial charge in [0.05, 0.1) is 4.92 Å². The lowest BCUT2D eigenvalue weighted by atomic mass is 10.2. The van der Waals surface area contributed by atoms with Crippen LogP contribution < -0.4 is 15.4 Å². The van der Waals surface area contributed by atoms with Crippen molar-refractivity contribution < 1.29 is 18.8 Å². The predicted octanol–water partition coefficient (Wildman–Crippen LogP) is 0.591. The molecule has 0 aliphatic carbocycles. The van der Waals surface area contributed by atoms with Crippen molar-refractivity contribution in [3.63, 3.8) is 0 Å². The van der Waals surface area contributed by atoms with Crippen molar-refractivity contribution in [1.82, 2.24) is 10.6 Å². The van der Waals surface area contributed by atoms with Crippen LogP contribution in [0.3, 0.4) is 0 Å². The zero-order valence-corrected chi connectivity index (χ0v) is 10.6. The molecule has 0 bridgehead atoms. The Balaban J connectivity index is 1.85. The Kier molecular flexibility index (Phi) is 4.46. The fourth-order valence-corrected chi connectivity index (χ4v) is 1.92. The second kappa shape index (κ2) is 6.29.